The minimum Gasteiger partial charge on any atom is -0.294 e. The molecule has 2 aromatic rings. The van der Waals surface area contributed by atoms with Gasteiger partial charge in [-0.15, -0.1) is 0 Å². The van der Waals surface area contributed by atoms with Crippen LogP contribution < -0.4 is 0 Å². The molecule has 4 heteroatoms. The maximum atomic E-state index is 12.5. The molecule has 2 aromatic carbocycles. The summed E-state index contributed by atoms with van der Waals surface area (Å²) >= 11 is 6.69. The number of carbonyl (C=O) groups excluding carboxylic acids is 2. The molecule has 0 aliphatic rings. The molecule has 2 nitrogen and oxygen atoms in total. The monoisotopic (exact) mass is 380 g/mol. The number of carbonyl (C=O) groups is 2. The molecule has 96 valence electrons. The molecule has 0 aromatic heterocycles. The van der Waals surface area contributed by atoms with E-state index in [0.29, 0.717) is 21.2 Å². The van der Waals surface area contributed by atoms with Crippen molar-refractivity contribution in [3.8, 4) is 0 Å². The summed E-state index contributed by atoms with van der Waals surface area (Å²) in [7, 11) is 0. The summed E-state index contributed by atoms with van der Waals surface area (Å²) in [5.74, 6) is -0.300. The maximum Gasteiger partial charge on any atom is 0.194 e. The molecule has 0 aliphatic carbocycles. The number of Topliss-reactive ketones (excluding diaryl/α,β-unsaturated/α-hetero) is 1. The summed E-state index contributed by atoms with van der Waals surface area (Å²) in [6.45, 7) is 1.45. The van der Waals surface area contributed by atoms with Crippen LogP contribution >= 0.6 is 31.9 Å². The van der Waals surface area contributed by atoms with Crippen LogP contribution in [0.4, 0.5) is 0 Å². The quantitative estimate of drug-likeness (QED) is 0.725. The Morgan fingerprint density at radius 2 is 1.63 bits per heavy atom. The average molecular weight is 382 g/mol. The van der Waals surface area contributed by atoms with Crippen LogP contribution in [0, 0.1) is 0 Å². The Kier molecular flexibility index (Phi) is 4.32. The molecular weight excluding hydrogens is 372 g/mol. The van der Waals surface area contributed by atoms with Crippen molar-refractivity contribution in [2.24, 2.45) is 0 Å². The van der Waals surface area contributed by atoms with E-state index in [9.17, 15) is 9.59 Å². The normalized spacial score (nSPS) is 10.3. The molecule has 0 fully saturated rings. The standard InChI is InChI=1S/C15H10Br2O2/c1-9(18)12-7-11(16)8-13(17)14(12)15(19)10-5-3-2-4-6-10/h2-8H,1H3. The molecule has 0 saturated heterocycles. The zero-order chi connectivity index (χ0) is 14.0. The number of rotatable bonds is 3. The number of hydrogen-bond acceptors (Lipinski definition) is 2. The van der Waals surface area contributed by atoms with Gasteiger partial charge in [-0.3, -0.25) is 9.59 Å². The highest BCUT2D eigenvalue weighted by Crippen LogP contribution is 2.28. The van der Waals surface area contributed by atoms with Crippen LogP contribution in [0.1, 0.15) is 33.2 Å². The van der Waals surface area contributed by atoms with Gasteiger partial charge in [0, 0.05) is 25.6 Å². The second-order valence-electron chi connectivity index (χ2n) is 4.06. The Morgan fingerprint density at radius 1 is 1.00 bits per heavy atom. The van der Waals surface area contributed by atoms with Crippen LogP contribution in [-0.4, -0.2) is 11.6 Å². The second-order valence-corrected chi connectivity index (χ2v) is 5.83. The molecular formula is C15H10Br2O2. The van der Waals surface area contributed by atoms with Gasteiger partial charge in [0.25, 0.3) is 0 Å². The third-order valence-corrected chi connectivity index (χ3v) is 3.78. The number of halogens is 2. The molecule has 0 spiro atoms. The molecule has 0 N–H and O–H groups in total. The highest BCUT2D eigenvalue weighted by Gasteiger charge is 2.20. The fourth-order valence-corrected chi connectivity index (χ4v) is 3.22. The van der Waals surface area contributed by atoms with Crippen molar-refractivity contribution >= 4 is 43.4 Å². The predicted molar refractivity (Wildman–Crippen MR) is 81.7 cm³/mol. The number of hydrogen-bond donors (Lipinski definition) is 0. The van der Waals surface area contributed by atoms with Gasteiger partial charge in [0.1, 0.15) is 0 Å². The van der Waals surface area contributed by atoms with Gasteiger partial charge >= 0.3 is 0 Å². The lowest BCUT2D eigenvalue weighted by atomic mass is 9.96. The van der Waals surface area contributed by atoms with Crippen molar-refractivity contribution in [1.82, 2.24) is 0 Å². The minimum atomic E-state index is -0.162. The lowest BCUT2D eigenvalue weighted by Gasteiger charge is -2.09. The van der Waals surface area contributed by atoms with E-state index in [4.69, 9.17) is 0 Å². The van der Waals surface area contributed by atoms with Crippen LogP contribution in [0.15, 0.2) is 51.4 Å². The molecule has 0 amide bonds. The van der Waals surface area contributed by atoms with Crippen LogP contribution in [0.3, 0.4) is 0 Å². The van der Waals surface area contributed by atoms with Crippen LogP contribution in [0.25, 0.3) is 0 Å². The predicted octanol–water partition coefficient (Wildman–Crippen LogP) is 4.65. The van der Waals surface area contributed by atoms with Crippen LogP contribution in [0.2, 0.25) is 0 Å². The Labute approximate surface area is 128 Å². The summed E-state index contributed by atoms with van der Waals surface area (Å²) in [5, 5.41) is 0. The Morgan fingerprint density at radius 3 is 2.21 bits per heavy atom. The SMILES string of the molecule is CC(=O)c1cc(Br)cc(Br)c1C(=O)c1ccccc1. The van der Waals surface area contributed by atoms with Gasteiger partial charge in [-0.05, 0) is 35.0 Å². The van der Waals surface area contributed by atoms with E-state index < -0.39 is 0 Å². The summed E-state index contributed by atoms with van der Waals surface area (Å²) in [5.41, 5.74) is 1.38. The molecule has 0 saturated carbocycles. The fourth-order valence-electron chi connectivity index (χ4n) is 1.82. The molecule has 19 heavy (non-hydrogen) atoms. The molecule has 2 rings (SSSR count). The van der Waals surface area contributed by atoms with Crippen molar-refractivity contribution in [2.75, 3.05) is 0 Å². The van der Waals surface area contributed by atoms with E-state index in [1.807, 2.05) is 6.07 Å². The van der Waals surface area contributed by atoms with E-state index >= 15 is 0 Å². The Balaban J connectivity index is 2.62. The summed E-state index contributed by atoms with van der Waals surface area (Å²) in [6, 6.07) is 12.4. The van der Waals surface area contributed by atoms with Crippen molar-refractivity contribution in [3.63, 3.8) is 0 Å². The van der Waals surface area contributed by atoms with Gasteiger partial charge in [0.2, 0.25) is 0 Å². The summed E-state index contributed by atoms with van der Waals surface area (Å²) < 4.78 is 1.37. The third-order valence-electron chi connectivity index (χ3n) is 2.70. The van der Waals surface area contributed by atoms with Crippen molar-refractivity contribution in [1.29, 1.82) is 0 Å². The topological polar surface area (TPSA) is 34.1 Å². The van der Waals surface area contributed by atoms with E-state index in [1.54, 1.807) is 36.4 Å². The van der Waals surface area contributed by atoms with E-state index in [2.05, 4.69) is 31.9 Å². The van der Waals surface area contributed by atoms with Gasteiger partial charge in [-0.1, -0.05) is 46.3 Å². The van der Waals surface area contributed by atoms with E-state index in [1.165, 1.54) is 6.92 Å². The molecule has 0 aliphatic heterocycles. The average Bonchev–Trinajstić information content (AvgIpc) is 2.38. The van der Waals surface area contributed by atoms with Crippen molar-refractivity contribution in [2.45, 2.75) is 6.92 Å². The summed E-state index contributed by atoms with van der Waals surface area (Å²) in [4.78, 5) is 24.2. The van der Waals surface area contributed by atoms with Gasteiger partial charge < -0.3 is 0 Å². The van der Waals surface area contributed by atoms with Gasteiger partial charge in [-0.25, -0.2) is 0 Å². The first-order valence-corrected chi connectivity index (χ1v) is 7.19. The number of benzene rings is 2. The highest BCUT2D eigenvalue weighted by molar-refractivity contribution is 9.11. The first-order chi connectivity index (χ1) is 9.00. The Bertz CT molecular complexity index is 649. The van der Waals surface area contributed by atoms with Crippen LogP contribution in [-0.2, 0) is 0 Å². The van der Waals surface area contributed by atoms with Gasteiger partial charge in [0.15, 0.2) is 11.6 Å². The van der Waals surface area contributed by atoms with Gasteiger partial charge in [0.05, 0.1) is 0 Å². The lowest BCUT2D eigenvalue weighted by Crippen LogP contribution is -2.09. The Hall–Kier alpha value is -1.26. The van der Waals surface area contributed by atoms with E-state index in [0.717, 1.165) is 4.47 Å². The van der Waals surface area contributed by atoms with Crippen LogP contribution in [0.5, 0.6) is 0 Å². The maximum absolute atomic E-state index is 12.5. The molecule has 0 bridgehead atoms. The largest absolute Gasteiger partial charge is 0.294 e. The van der Waals surface area contributed by atoms with Gasteiger partial charge in [-0.2, -0.15) is 0 Å². The molecule has 0 heterocycles. The first kappa shape index (κ1) is 14.2. The minimum absolute atomic E-state index is 0.138. The third kappa shape index (κ3) is 3.01. The molecule has 0 radical (unpaired) electrons. The first-order valence-electron chi connectivity index (χ1n) is 5.60. The lowest BCUT2D eigenvalue weighted by molar-refractivity contribution is 0.0990. The van der Waals surface area contributed by atoms with Crippen molar-refractivity contribution < 1.29 is 9.59 Å². The zero-order valence-corrected chi connectivity index (χ0v) is 13.3. The summed E-state index contributed by atoms with van der Waals surface area (Å²) in [6.07, 6.45) is 0. The zero-order valence-electron chi connectivity index (χ0n) is 10.1. The molecule has 0 unspecified atom stereocenters. The van der Waals surface area contributed by atoms with E-state index in [-0.39, 0.29) is 11.6 Å². The fraction of sp³-hybridized carbons (Fsp3) is 0.0667. The number of ketones is 2. The smallest absolute Gasteiger partial charge is 0.194 e. The highest BCUT2D eigenvalue weighted by atomic mass is 79.9. The van der Waals surface area contributed by atoms with Crippen molar-refractivity contribution in [3.05, 3.63) is 68.1 Å². The second kappa shape index (κ2) is 5.80. The molecule has 0 atom stereocenters.